The number of amides is 1. The van der Waals surface area contributed by atoms with Gasteiger partial charge in [-0.15, -0.1) is 0 Å². The molecule has 0 unspecified atom stereocenters. The molecule has 0 bridgehead atoms. The molecule has 1 amide bonds. The van der Waals surface area contributed by atoms with Crippen molar-refractivity contribution in [2.24, 2.45) is 0 Å². The van der Waals surface area contributed by atoms with Crippen molar-refractivity contribution in [3.63, 3.8) is 0 Å². The van der Waals surface area contributed by atoms with Gasteiger partial charge >= 0.3 is 5.97 Å². The van der Waals surface area contributed by atoms with E-state index in [1.54, 1.807) is 51.5 Å². The predicted octanol–water partition coefficient (Wildman–Crippen LogP) is 3.98. The zero-order chi connectivity index (χ0) is 22.4. The molecule has 8 nitrogen and oxygen atoms in total. The van der Waals surface area contributed by atoms with Crippen LogP contribution in [0.2, 0.25) is 0 Å². The second-order valence-corrected chi connectivity index (χ2v) is 7.41. The summed E-state index contributed by atoms with van der Waals surface area (Å²) < 4.78 is 17.6. The standard InChI is InChI=1S/C22H25N3O5S/c1-5-25-18-9-7-14(21(27)30-6-2)11-16(18)24-22(25)31-13-20(26)23-17-12-15(28-3)8-10-19(17)29-4/h7-12H,5-6,13H2,1-4H3,(H,23,26). The molecule has 0 saturated heterocycles. The van der Waals surface area contributed by atoms with Crippen molar-refractivity contribution < 1.29 is 23.8 Å². The van der Waals surface area contributed by atoms with Gasteiger partial charge in [-0.05, 0) is 44.2 Å². The molecular formula is C22H25N3O5S. The van der Waals surface area contributed by atoms with Crippen LogP contribution < -0.4 is 14.8 Å². The summed E-state index contributed by atoms with van der Waals surface area (Å²) in [7, 11) is 3.10. The van der Waals surface area contributed by atoms with E-state index in [0.717, 1.165) is 5.52 Å². The number of methoxy groups -OCH3 is 2. The van der Waals surface area contributed by atoms with Crippen LogP contribution in [0.25, 0.3) is 11.0 Å². The molecule has 0 radical (unpaired) electrons. The van der Waals surface area contributed by atoms with E-state index in [-0.39, 0.29) is 17.6 Å². The summed E-state index contributed by atoms with van der Waals surface area (Å²) in [4.78, 5) is 29.2. The highest BCUT2D eigenvalue weighted by molar-refractivity contribution is 7.99. The largest absolute Gasteiger partial charge is 0.497 e. The molecule has 0 saturated carbocycles. The molecule has 1 aromatic heterocycles. The third kappa shape index (κ3) is 5.11. The van der Waals surface area contributed by atoms with Gasteiger partial charge in [0.15, 0.2) is 5.16 Å². The van der Waals surface area contributed by atoms with Crippen LogP contribution in [0.4, 0.5) is 5.69 Å². The maximum atomic E-state index is 12.6. The Bertz CT molecular complexity index is 1100. The van der Waals surface area contributed by atoms with E-state index in [0.29, 0.717) is 46.6 Å². The Morgan fingerprint density at radius 1 is 1.10 bits per heavy atom. The number of hydrogen-bond acceptors (Lipinski definition) is 7. The first-order valence-electron chi connectivity index (χ1n) is 9.82. The summed E-state index contributed by atoms with van der Waals surface area (Å²) >= 11 is 1.32. The number of nitrogens with zero attached hydrogens (tertiary/aromatic N) is 2. The fourth-order valence-electron chi connectivity index (χ4n) is 3.09. The van der Waals surface area contributed by atoms with Crippen LogP contribution >= 0.6 is 11.8 Å². The number of fused-ring (bicyclic) bond motifs is 1. The third-order valence-corrected chi connectivity index (χ3v) is 5.53. The summed E-state index contributed by atoms with van der Waals surface area (Å²) in [6.45, 7) is 4.77. The van der Waals surface area contributed by atoms with E-state index in [2.05, 4.69) is 10.3 Å². The Morgan fingerprint density at radius 2 is 1.90 bits per heavy atom. The Labute approximate surface area is 184 Å². The van der Waals surface area contributed by atoms with Gasteiger partial charge in [-0.1, -0.05) is 11.8 Å². The van der Waals surface area contributed by atoms with E-state index < -0.39 is 0 Å². The van der Waals surface area contributed by atoms with Crippen molar-refractivity contribution in [2.45, 2.75) is 25.5 Å². The Kier molecular flexibility index (Phi) is 7.41. The number of nitrogens with one attached hydrogen (secondary N) is 1. The molecule has 0 aliphatic carbocycles. The van der Waals surface area contributed by atoms with Crippen molar-refractivity contribution in [1.82, 2.24) is 9.55 Å². The zero-order valence-electron chi connectivity index (χ0n) is 17.9. The van der Waals surface area contributed by atoms with Gasteiger partial charge in [0.2, 0.25) is 5.91 Å². The number of imidazole rings is 1. The van der Waals surface area contributed by atoms with E-state index >= 15 is 0 Å². The van der Waals surface area contributed by atoms with Crippen LogP contribution in [0.3, 0.4) is 0 Å². The lowest BCUT2D eigenvalue weighted by Gasteiger charge is -2.11. The van der Waals surface area contributed by atoms with Crippen LogP contribution in [0.1, 0.15) is 24.2 Å². The molecule has 2 aromatic carbocycles. The highest BCUT2D eigenvalue weighted by Gasteiger charge is 2.16. The summed E-state index contributed by atoms with van der Waals surface area (Å²) in [6.07, 6.45) is 0. The number of aromatic nitrogens is 2. The number of rotatable bonds is 9. The molecular weight excluding hydrogens is 418 g/mol. The summed E-state index contributed by atoms with van der Waals surface area (Å²) in [5.74, 6) is 0.754. The van der Waals surface area contributed by atoms with Crippen molar-refractivity contribution in [3.05, 3.63) is 42.0 Å². The van der Waals surface area contributed by atoms with Crippen molar-refractivity contribution in [2.75, 3.05) is 31.9 Å². The smallest absolute Gasteiger partial charge is 0.338 e. The molecule has 164 valence electrons. The Balaban J connectivity index is 1.75. The van der Waals surface area contributed by atoms with Gasteiger partial charge in [0.05, 0.1) is 48.9 Å². The Hall–Kier alpha value is -3.20. The Morgan fingerprint density at radius 3 is 2.58 bits per heavy atom. The lowest BCUT2D eigenvalue weighted by molar-refractivity contribution is -0.113. The van der Waals surface area contributed by atoms with Crippen molar-refractivity contribution in [1.29, 1.82) is 0 Å². The summed E-state index contributed by atoms with van der Waals surface area (Å²) in [5.41, 5.74) is 2.57. The topological polar surface area (TPSA) is 91.7 Å². The molecule has 3 rings (SSSR count). The summed E-state index contributed by atoms with van der Waals surface area (Å²) in [5, 5.41) is 3.55. The summed E-state index contributed by atoms with van der Waals surface area (Å²) in [6, 6.07) is 10.5. The zero-order valence-corrected chi connectivity index (χ0v) is 18.7. The van der Waals surface area contributed by atoms with Crippen LogP contribution in [0, 0.1) is 0 Å². The fourth-order valence-corrected chi connectivity index (χ4v) is 3.97. The minimum Gasteiger partial charge on any atom is -0.497 e. The van der Waals surface area contributed by atoms with Gasteiger partial charge in [-0.25, -0.2) is 9.78 Å². The van der Waals surface area contributed by atoms with E-state index in [4.69, 9.17) is 14.2 Å². The second-order valence-electron chi connectivity index (χ2n) is 6.47. The molecule has 31 heavy (non-hydrogen) atoms. The van der Waals surface area contributed by atoms with Gasteiger partial charge in [-0.3, -0.25) is 4.79 Å². The van der Waals surface area contributed by atoms with Gasteiger partial charge in [0.1, 0.15) is 11.5 Å². The molecule has 9 heteroatoms. The number of carbonyl (C=O) groups excluding carboxylic acids is 2. The molecule has 1 heterocycles. The number of thioether (sulfide) groups is 1. The maximum absolute atomic E-state index is 12.6. The molecule has 0 aliphatic rings. The number of ether oxygens (including phenoxy) is 3. The first kappa shape index (κ1) is 22.5. The van der Waals surface area contributed by atoms with Gasteiger partial charge < -0.3 is 24.1 Å². The van der Waals surface area contributed by atoms with Crippen LogP contribution in [0.5, 0.6) is 11.5 Å². The second kappa shape index (κ2) is 10.2. The maximum Gasteiger partial charge on any atom is 0.338 e. The number of benzene rings is 2. The monoisotopic (exact) mass is 443 g/mol. The lowest BCUT2D eigenvalue weighted by Crippen LogP contribution is -2.15. The molecule has 3 aromatic rings. The predicted molar refractivity (Wildman–Crippen MR) is 120 cm³/mol. The average Bonchev–Trinajstić information content (AvgIpc) is 3.14. The number of hydrogen-bond donors (Lipinski definition) is 1. The van der Waals surface area contributed by atoms with Crippen LogP contribution in [-0.2, 0) is 16.1 Å². The van der Waals surface area contributed by atoms with Gasteiger partial charge in [0, 0.05) is 12.6 Å². The van der Waals surface area contributed by atoms with Crippen LogP contribution in [0.15, 0.2) is 41.6 Å². The average molecular weight is 444 g/mol. The van der Waals surface area contributed by atoms with E-state index in [1.165, 1.54) is 11.8 Å². The molecule has 0 fully saturated rings. The minimum atomic E-state index is -0.378. The molecule has 0 aliphatic heterocycles. The molecule has 1 N–H and O–H groups in total. The van der Waals surface area contributed by atoms with E-state index in [1.807, 2.05) is 17.6 Å². The number of esters is 1. The molecule has 0 spiro atoms. The first-order valence-corrected chi connectivity index (χ1v) is 10.8. The molecule has 0 atom stereocenters. The van der Waals surface area contributed by atoms with Crippen LogP contribution in [-0.4, -0.2) is 48.0 Å². The SMILES string of the molecule is CCOC(=O)c1ccc2c(c1)nc(SCC(=O)Nc1cc(OC)ccc1OC)n2CC. The minimum absolute atomic E-state index is 0.161. The number of carbonyl (C=O) groups is 2. The van der Waals surface area contributed by atoms with Crippen molar-refractivity contribution >= 4 is 40.4 Å². The third-order valence-electron chi connectivity index (χ3n) is 4.55. The normalized spacial score (nSPS) is 10.7. The quantitative estimate of drug-likeness (QED) is 0.395. The highest BCUT2D eigenvalue weighted by Crippen LogP contribution is 2.30. The van der Waals surface area contributed by atoms with Gasteiger partial charge in [0.25, 0.3) is 0 Å². The first-order chi connectivity index (χ1) is 15.0. The lowest BCUT2D eigenvalue weighted by atomic mass is 10.2. The van der Waals surface area contributed by atoms with Crippen molar-refractivity contribution in [3.8, 4) is 11.5 Å². The number of anilines is 1. The highest BCUT2D eigenvalue weighted by atomic mass is 32.2. The fraction of sp³-hybridized carbons (Fsp3) is 0.318. The van der Waals surface area contributed by atoms with E-state index in [9.17, 15) is 9.59 Å². The van der Waals surface area contributed by atoms with Gasteiger partial charge in [-0.2, -0.15) is 0 Å². The number of aryl methyl sites for hydroxylation is 1.